The highest BCUT2D eigenvalue weighted by Gasteiger charge is 2.51. The number of fused-ring (bicyclic) bond motifs is 3. The molecule has 2 aliphatic carbocycles. The molecule has 8 heteroatoms. The molecule has 1 heterocycles. The lowest BCUT2D eigenvalue weighted by Gasteiger charge is -2.40. The number of Topliss-reactive ketones (excluding diaryl/α,β-unsaturated/α-hetero) is 1. The number of benzene rings is 1. The van der Waals surface area contributed by atoms with Gasteiger partial charge in [-0.15, -0.1) is 0 Å². The van der Waals surface area contributed by atoms with Gasteiger partial charge in [-0.3, -0.25) is 14.4 Å². The van der Waals surface area contributed by atoms with Crippen LogP contribution >= 0.6 is 0 Å². The van der Waals surface area contributed by atoms with Gasteiger partial charge in [0.05, 0.1) is 18.6 Å². The van der Waals surface area contributed by atoms with Gasteiger partial charge in [0.25, 0.3) is 5.91 Å². The van der Waals surface area contributed by atoms with E-state index in [1.807, 2.05) is 18.2 Å². The number of ether oxygens (including phenoxy) is 1. The van der Waals surface area contributed by atoms with E-state index in [4.69, 9.17) is 9.84 Å². The van der Waals surface area contributed by atoms with E-state index < -0.39 is 35.9 Å². The molecule has 166 valence electrons. The largest absolute Gasteiger partial charge is 0.486 e. The Bertz CT molecular complexity index is 909. The summed E-state index contributed by atoms with van der Waals surface area (Å²) in [5.41, 5.74) is 1.16. The topological polar surface area (TPSA) is 116 Å². The summed E-state index contributed by atoms with van der Waals surface area (Å²) in [5.74, 6) is -1.17. The third kappa shape index (κ3) is 4.09. The molecule has 0 bridgehead atoms. The number of ketones is 1. The molecular weight excluding hydrogens is 400 g/mol. The SMILES string of the molecule is CCC(=O)C(=O)N(CC1CC1)C1C=C(C(=O)NCCO)C2c3ccccc3OC2C1O. The minimum absolute atomic E-state index is 0.0738. The van der Waals surface area contributed by atoms with E-state index >= 15 is 0 Å². The zero-order valence-corrected chi connectivity index (χ0v) is 17.5. The molecule has 4 atom stereocenters. The number of nitrogens with zero attached hydrogens (tertiary/aromatic N) is 1. The quantitative estimate of drug-likeness (QED) is 0.520. The van der Waals surface area contributed by atoms with Gasteiger partial charge < -0.3 is 25.2 Å². The predicted molar refractivity (Wildman–Crippen MR) is 111 cm³/mol. The number of para-hydroxylation sites is 1. The van der Waals surface area contributed by atoms with Crippen molar-refractivity contribution in [2.75, 3.05) is 19.7 Å². The van der Waals surface area contributed by atoms with Crippen LogP contribution in [0.1, 0.15) is 37.7 Å². The van der Waals surface area contributed by atoms with Gasteiger partial charge in [-0.25, -0.2) is 0 Å². The smallest absolute Gasteiger partial charge is 0.290 e. The maximum atomic E-state index is 13.0. The monoisotopic (exact) mass is 428 g/mol. The van der Waals surface area contributed by atoms with E-state index in [1.165, 1.54) is 4.90 Å². The molecule has 1 saturated carbocycles. The summed E-state index contributed by atoms with van der Waals surface area (Å²) in [5, 5.41) is 23.0. The molecule has 1 aromatic carbocycles. The summed E-state index contributed by atoms with van der Waals surface area (Å²) in [6, 6.07) is 6.45. The van der Waals surface area contributed by atoms with E-state index in [2.05, 4.69) is 5.32 Å². The van der Waals surface area contributed by atoms with Crippen molar-refractivity contribution < 1.29 is 29.3 Å². The molecule has 8 nitrogen and oxygen atoms in total. The lowest BCUT2D eigenvalue weighted by molar-refractivity contribution is -0.148. The second-order valence-electron chi connectivity index (χ2n) is 8.36. The second kappa shape index (κ2) is 8.80. The molecule has 1 fully saturated rings. The van der Waals surface area contributed by atoms with Crippen molar-refractivity contribution >= 4 is 17.6 Å². The van der Waals surface area contributed by atoms with Crippen LogP contribution in [-0.4, -0.2) is 70.7 Å². The van der Waals surface area contributed by atoms with Gasteiger partial charge in [0, 0.05) is 30.6 Å². The standard InChI is InChI=1S/C23H28N2O6/c1-2-17(27)23(30)25(12-13-7-8-13)16-11-15(22(29)24-9-10-26)19-14-5-3-4-6-18(14)31-21(19)20(16)28/h3-6,11,13,16,19-21,26,28H,2,7-10,12H2,1H3,(H,24,29). The van der Waals surface area contributed by atoms with Crippen molar-refractivity contribution in [3.63, 3.8) is 0 Å². The van der Waals surface area contributed by atoms with Gasteiger partial charge in [0.2, 0.25) is 11.7 Å². The first-order chi connectivity index (χ1) is 15.0. The minimum Gasteiger partial charge on any atom is -0.486 e. The summed E-state index contributed by atoms with van der Waals surface area (Å²) < 4.78 is 6.03. The normalized spacial score (nSPS) is 26.2. The summed E-state index contributed by atoms with van der Waals surface area (Å²) >= 11 is 0. The lowest BCUT2D eigenvalue weighted by Crippen LogP contribution is -2.57. The van der Waals surface area contributed by atoms with Gasteiger partial charge in [-0.05, 0) is 30.9 Å². The summed E-state index contributed by atoms with van der Waals surface area (Å²) in [6.45, 7) is 1.87. The number of rotatable bonds is 8. The third-order valence-electron chi connectivity index (χ3n) is 6.21. The van der Waals surface area contributed by atoms with E-state index in [0.29, 0.717) is 23.8 Å². The van der Waals surface area contributed by atoms with E-state index in [1.54, 1.807) is 19.1 Å². The van der Waals surface area contributed by atoms with Crippen molar-refractivity contribution in [1.29, 1.82) is 0 Å². The molecule has 0 spiro atoms. The fraction of sp³-hybridized carbons (Fsp3) is 0.522. The van der Waals surface area contributed by atoms with Crippen LogP contribution in [0.15, 0.2) is 35.9 Å². The second-order valence-corrected chi connectivity index (χ2v) is 8.36. The number of aliphatic hydroxyl groups is 2. The van der Waals surface area contributed by atoms with Crippen LogP contribution in [0.4, 0.5) is 0 Å². The highest BCUT2D eigenvalue weighted by Crippen LogP contribution is 2.47. The minimum atomic E-state index is -1.10. The number of aliphatic hydroxyl groups excluding tert-OH is 2. The van der Waals surface area contributed by atoms with E-state index in [9.17, 15) is 19.5 Å². The molecular formula is C23H28N2O6. The van der Waals surface area contributed by atoms with Crippen LogP contribution in [0.3, 0.4) is 0 Å². The fourth-order valence-electron chi connectivity index (χ4n) is 4.42. The highest BCUT2D eigenvalue weighted by atomic mass is 16.5. The number of amides is 2. The van der Waals surface area contributed by atoms with Crippen molar-refractivity contribution in [1.82, 2.24) is 10.2 Å². The first-order valence-corrected chi connectivity index (χ1v) is 10.8. The Morgan fingerprint density at radius 3 is 2.65 bits per heavy atom. The van der Waals surface area contributed by atoms with Crippen molar-refractivity contribution in [2.45, 2.75) is 50.4 Å². The average molecular weight is 428 g/mol. The molecule has 0 aromatic heterocycles. The molecule has 3 N–H and O–H groups in total. The Hall–Kier alpha value is -2.71. The maximum Gasteiger partial charge on any atom is 0.290 e. The summed E-state index contributed by atoms with van der Waals surface area (Å²) in [6.07, 6.45) is 1.76. The van der Waals surface area contributed by atoms with Gasteiger partial charge in [0.15, 0.2) is 0 Å². The molecule has 4 unspecified atom stereocenters. The Morgan fingerprint density at radius 1 is 1.23 bits per heavy atom. The zero-order chi connectivity index (χ0) is 22.1. The number of hydrogen-bond donors (Lipinski definition) is 3. The van der Waals surface area contributed by atoms with Crippen LogP contribution < -0.4 is 10.1 Å². The third-order valence-corrected chi connectivity index (χ3v) is 6.21. The Balaban J connectivity index is 1.74. The molecule has 1 aliphatic heterocycles. The van der Waals surface area contributed by atoms with Gasteiger partial charge in [0.1, 0.15) is 18.0 Å². The Morgan fingerprint density at radius 2 is 1.97 bits per heavy atom. The lowest BCUT2D eigenvalue weighted by atomic mass is 9.77. The van der Waals surface area contributed by atoms with Crippen molar-refractivity contribution in [3.05, 3.63) is 41.5 Å². The van der Waals surface area contributed by atoms with Crippen molar-refractivity contribution in [3.8, 4) is 5.75 Å². The molecule has 3 aliphatic rings. The van der Waals surface area contributed by atoms with Gasteiger partial charge >= 0.3 is 0 Å². The molecule has 0 saturated heterocycles. The fourth-order valence-corrected chi connectivity index (χ4v) is 4.42. The molecule has 0 radical (unpaired) electrons. The van der Waals surface area contributed by atoms with Crippen LogP contribution in [0.5, 0.6) is 5.75 Å². The van der Waals surface area contributed by atoms with Crippen LogP contribution in [0, 0.1) is 5.92 Å². The van der Waals surface area contributed by atoms with Crippen LogP contribution in [-0.2, 0) is 14.4 Å². The Kier molecular flexibility index (Phi) is 6.11. The molecule has 2 amide bonds. The summed E-state index contributed by atoms with van der Waals surface area (Å²) in [7, 11) is 0. The number of nitrogens with one attached hydrogen (secondary N) is 1. The van der Waals surface area contributed by atoms with E-state index in [0.717, 1.165) is 18.4 Å². The number of hydrogen-bond acceptors (Lipinski definition) is 6. The van der Waals surface area contributed by atoms with Crippen LogP contribution in [0.25, 0.3) is 0 Å². The zero-order valence-electron chi connectivity index (χ0n) is 17.5. The molecule has 1 aromatic rings. The predicted octanol–water partition coefficient (Wildman–Crippen LogP) is 0.527. The van der Waals surface area contributed by atoms with E-state index in [-0.39, 0.29) is 25.5 Å². The summed E-state index contributed by atoms with van der Waals surface area (Å²) in [4.78, 5) is 39.5. The maximum absolute atomic E-state index is 13.0. The Labute approximate surface area is 180 Å². The first kappa shape index (κ1) is 21.5. The number of carbonyl (C=O) groups excluding carboxylic acids is 3. The first-order valence-electron chi connectivity index (χ1n) is 10.8. The molecule has 31 heavy (non-hydrogen) atoms. The molecule has 4 rings (SSSR count). The highest BCUT2D eigenvalue weighted by molar-refractivity contribution is 6.36. The van der Waals surface area contributed by atoms with Gasteiger partial charge in [-0.2, -0.15) is 0 Å². The van der Waals surface area contributed by atoms with Crippen molar-refractivity contribution in [2.24, 2.45) is 5.92 Å². The van der Waals surface area contributed by atoms with Gasteiger partial charge in [-0.1, -0.05) is 25.1 Å². The average Bonchev–Trinajstić information content (AvgIpc) is 3.52. The van der Waals surface area contributed by atoms with Crippen LogP contribution in [0.2, 0.25) is 0 Å². The number of carbonyl (C=O) groups is 3.